The van der Waals surface area contributed by atoms with Crippen LogP contribution in [0.25, 0.3) is 0 Å². The molecule has 0 saturated carbocycles. The molecule has 0 heterocycles. The predicted molar refractivity (Wildman–Crippen MR) is 49.1 cm³/mol. The van der Waals surface area contributed by atoms with Gasteiger partial charge in [0.2, 0.25) is 5.91 Å². The van der Waals surface area contributed by atoms with Gasteiger partial charge in [0.25, 0.3) is 0 Å². The van der Waals surface area contributed by atoms with E-state index < -0.39 is 0 Å². The van der Waals surface area contributed by atoms with Gasteiger partial charge >= 0.3 is 0 Å². The van der Waals surface area contributed by atoms with E-state index >= 15 is 0 Å². The van der Waals surface area contributed by atoms with Crippen molar-refractivity contribution in [3.8, 4) is 0 Å². The molecule has 0 aromatic carbocycles. The van der Waals surface area contributed by atoms with Crippen LogP contribution in [0.4, 0.5) is 0 Å². The van der Waals surface area contributed by atoms with Gasteiger partial charge in [-0.1, -0.05) is 36.1 Å². The molecule has 0 rings (SSSR count). The van der Waals surface area contributed by atoms with Crippen LogP contribution >= 0.6 is 0 Å². The molecule has 0 atom stereocenters. The maximum Gasteiger partial charge on any atom is 0.222 e. The lowest BCUT2D eigenvalue weighted by Crippen LogP contribution is -2.22. The van der Waals surface area contributed by atoms with Crippen molar-refractivity contribution in [2.75, 3.05) is 7.05 Å². The molecule has 0 radical (unpaired) electrons. The fourth-order valence-corrected chi connectivity index (χ4v) is 0.289. The Morgan fingerprint density at radius 2 is 1.50 bits per heavy atom. The second-order valence-electron chi connectivity index (χ2n) is 1.77. The van der Waals surface area contributed by atoms with Crippen LogP contribution in [-0.2, 0) is 4.79 Å². The maximum atomic E-state index is 10.4. The molecular weight excluding hydrogens is 126 g/mol. The number of nitrogens with one attached hydrogen (secondary N) is 1. The molecule has 1 N–H and O–H groups in total. The third kappa shape index (κ3) is 10.5. The van der Waals surface area contributed by atoms with Crippen molar-refractivity contribution in [2.24, 2.45) is 5.92 Å². The van der Waals surface area contributed by atoms with Gasteiger partial charge in [0.1, 0.15) is 0 Å². The van der Waals surface area contributed by atoms with E-state index in [9.17, 15) is 4.79 Å². The lowest BCUT2D eigenvalue weighted by molar-refractivity contribution is -0.123. The molecule has 2 nitrogen and oxygen atoms in total. The summed E-state index contributed by atoms with van der Waals surface area (Å²) in [5, 5.41) is 2.53. The molecular formula is C8H23NO. The largest absolute Gasteiger partial charge is 0.359 e. The topological polar surface area (TPSA) is 29.1 Å². The van der Waals surface area contributed by atoms with Crippen molar-refractivity contribution in [3.63, 3.8) is 0 Å². The molecule has 10 heavy (non-hydrogen) atoms. The molecule has 0 aliphatic heterocycles. The summed E-state index contributed by atoms with van der Waals surface area (Å²) in [7, 11) is 1.64. The maximum absolute atomic E-state index is 10.4. The smallest absolute Gasteiger partial charge is 0.222 e. The third-order valence-corrected chi connectivity index (χ3v) is 0.771. The summed E-state index contributed by atoms with van der Waals surface area (Å²) in [4.78, 5) is 10.4. The number of hydrogen-bond donors (Lipinski definition) is 1. The molecule has 0 aliphatic rings. The first-order valence-corrected chi connectivity index (χ1v) is 2.40. The first kappa shape index (κ1) is 22.7. The molecule has 2 heteroatoms. The Labute approximate surface area is 66.0 Å². The number of carbonyl (C=O) groups excluding carboxylic acids is 1. The van der Waals surface area contributed by atoms with Crippen molar-refractivity contribution in [2.45, 2.75) is 36.1 Å². The van der Waals surface area contributed by atoms with Gasteiger partial charge in [-0.25, -0.2) is 0 Å². The van der Waals surface area contributed by atoms with E-state index in [0.29, 0.717) is 0 Å². The van der Waals surface area contributed by atoms with Crippen molar-refractivity contribution in [1.29, 1.82) is 0 Å². The summed E-state index contributed by atoms with van der Waals surface area (Å²) in [6.45, 7) is 3.72. The van der Waals surface area contributed by atoms with E-state index in [1.165, 1.54) is 0 Å². The zero-order valence-corrected chi connectivity index (χ0v) is 4.99. The minimum absolute atomic E-state index is 0. The predicted octanol–water partition coefficient (Wildman–Crippen LogP) is 2.30. The molecule has 0 aromatic rings. The molecule has 0 spiro atoms. The molecule has 1 amide bonds. The van der Waals surface area contributed by atoms with E-state index in [1.54, 1.807) is 7.05 Å². The van der Waals surface area contributed by atoms with Crippen LogP contribution in [0.1, 0.15) is 36.1 Å². The second-order valence-corrected chi connectivity index (χ2v) is 1.77. The summed E-state index contributed by atoms with van der Waals surface area (Å²) in [5.41, 5.74) is 0. The zero-order valence-electron chi connectivity index (χ0n) is 4.99. The van der Waals surface area contributed by atoms with E-state index in [2.05, 4.69) is 5.32 Å². The summed E-state index contributed by atoms with van der Waals surface area (Å²) in [6.07, 6.45) is 0. The fourth-order valence-electron chi connectivity index (χ4n) is 0.289. The molecule has 0 aromatic heterocycles. The summed E-state index contributed by atoms with van der Waals surface area (Å²) in [6, 6.07) is 0. The van der Waals surface area contributed by atoms with Gasteiger partial charge in [0.05, 0.1) is 0 Å². The monoisotopic (exact) mass is 149 g/mol. The molecule has 0 fully saturated rings. The highest BCUT2D eigenvalue weighted by molar-refractivity contribution is 5.77. The van der Waals surface area contributed by atoms with Gasteiger partial charge in [-0.05, 0) is 0 Å². The first-order valence-electron chi connectivity index (χ1n) is 2.40. The lowest BCUT2D eigenvalue weighted by Gasteiger charge is -1.98. The van der Waals surface area contributed by atoms with Gasteiger partial charge in [0.15, 0.2) is 0 Å². The van der Waals surface area contributed by atoms with Gasteiger partial charge in [-0.2, -0.15) is 0 Å². The quantitative estimate of drug-likeness (QED) is 0.609. The second kappa shape index (κ2) is 11.3. The number of hydrogen-bond acceptors (Lipinski definition) is 1. The zero-order chi connectivity index (χ0) is 5.86. The first-order chi connectivity index (χ1) is 3.18. The Hall–Kier alpha value is -0.530. The van der Waals surface area contributed by atoms with Crippen LogP contribution < -0.4 is 5.32 Å². The standard InChI is InChI=1S/C5H11NO.3CH4/c1-4(2)5(7)6-3;;;/h4H,1-3H3,(H,6,7);3*1H4. The van der Waals surface area contributed by atoms with Crippen molar-refractivity contribution in [3.05, 3.63) is 0 Å². The molecule has 0 aliphatic carbocycles. The Morgan fingerprint density at radius 3 is 1.50 bits per heavy atom. The number of carbonyl (C=O) groups is 1. The summed E-state index contributed by atoms with van der Waals surface area (Å²) < 4.78 is 0. The van der Waals surface area contributed by atoms with Crippen molar-refractivity contribution >= 4 is 5.91 Å². The number of amides is 1. The third-order valence-electron chi connectivity index (χ3n) is 0.771. The van der Waals surface area contributed by atoms with Crippen LogP contribution in [0.15, 0.2) is 0 Å². The Kier molecular flexibility index (Phi) is 25.6. The molecule has 0 bridgehead atoms. The Balaban J connectivity index is -0.0000000600. The normalized spacial score (nSPS) is 6.40. The molecule has 0 unspecified atom stereocenters. The van der Waals surface area contributed by atoms with E-state index in [-0.39, 0.29) is 34.1 Å². The van der Waals surface area contributed by atoms with Crippen LogP contribution in [0.3, 0.4) is 0 Å². The van der Waals surface area contributed by atoms with Gasteiger partial charge in [-0.15, -0.1) is 0 Å². The van der Waals surface area contributed by atoms with Crippen LogP contribution in [0.5, 0.6) is 0 Å². The molecule has 66 valence electrons. The van der Waals surface area contributed by atoms with Gasteiger partial charge in [-0.3, -0.25) is 4.79 Å². The minimum Gasteiger partial charge on any atom is -0.359 e. The van der Waals surface area contributed by atoms with Crippen molar-refractivity contribution in [1.82, 2.24) is 5.32 Å². The highest BCUT2D eigenvalue weighted by Gasteiger charge is 2.00. The van der Waals surface area contributed by atoms with Gasteiger partial charge in [0, 0.05) is 13.0 Å². The van der Waals surface area contributed by atoms with E-state index in [1.807, 2.05) is 13.8 Å². The average molecular weight is 149 g/mol. The Bertz CT molecular complexity index is 69.7. The van der Waals surface area contributed by atoms with Crippen LogP contribution in [0.2, 0.25) is 0 Å². The van der Waals surface area contributed by atoms with Crippen LogP contribution in [0, 0.1) is 5.92 Å². The average Bonchev–Trinajstić information content (AvgIpc) is 1.65. The number of rotatable bonds is 1. The SMILES string of the molecule is C.C.C.CNC(=O)C(C)C. The van der Waals surface area contributed by atoms with E-state index in [4.69, 9.17) is 0 Å². The molecule has 0 saturated heterocycles. The minimum atomic E-state index is 0. The van der Waals surface area contributed by atoms with Crippen molar-refractivity contribution < 1.29 is 4.79 Å². The summed E-state index contributed by atoms with van der Waals surface area (Å²) in [5.74, 6) is 0.213. The Morgan fingerprint density at radius 1 is 1.20 bits per heavy atom. The highest BCUT2D eigenvalue weighted by atomic mass is 16.1. The van der Waals surface area contributed by atoms with Gasteiger partial charge < -0.3 is 5.32 Å². The van der Waals surface area contributed by atoms with Crippen LogP contribution in [-0.4, -0.2) is 13.0 Å². The van der Waals surface area contributed by atoms with E-state index in [0.717, 1.165) is 0 Å². The lowest BCUT2D eigenvalue weighted by atomic mass is 10.2. The highest BCUT2D eigenvalue weighted by Crippen LogP contribution is 1.87. The summed E-state index contributed by atoms with van der Waals surface area (Å²) >= 11 is 0. The fraction of sp³-hybridized carbons (Fsp3) is 0.875.